The Labute approximate surface area is 326 Å². The molecule has 1 aliphatic rings. The first-order valence-electron chi connectivity index (χ1n) is 17.0. The van der Waals surface area contributed by atoms with E-state index < -0.39 is 28.4 Å². The molecule has 0 aliphatic heterocycles. The van der Waals surface area contributed by atoms with Crippen LogP contribution in [0.1, 0.15) is 63.4 Å². The minimum atomic E-state index is -6.09. The molecule has 0 fully saturated rings. The zero-order valence-corrected chi connectivity index (χ0v) is 33.4. The van der Waals surface area contributed by atoms with Gasteiger partial charge >= 0.3 is 5.51 Å². The number of hydrogen-bond donors (Lipinski definition) is 0. The Morgan fingerprint density at radius 2 is 1.29 bits per heavy atom. The van der Waals surface area contributed by atoms with Gasteiger partial charge in [0, 0.05) is 14.9 Å². The molecule has 0 saturated carbocycles. The first-order chi connectivity index (χ1) is 24.7. The Morgan fingerprint density at radius 3 is 1.79 bits per heavy atom. The number of rotatable bonds is 14. The largest absolute Gasteiger partial charge is 0.741 e. The molecule has 5 rings (SSSR count). The van der Waals surface area contributed by atoms with Crippen molar-refractivity contribution in [3.63, 3.8) is 0 Å². The fourth-order valence-corrected chi connectivity index (χ4v) is 10.4. The number of halogens is 6. The molecule has 1 aliphatic carbocycles. The first kappa shape index (κ1) is 42.5. The molecule has 3 atom stereocenters. The second-order valence-electron chi connectivity index (χ2n) is 12.5. The molecule has 0 N–H and O–H groups in total. The minimum absolute atomic E-state index is 0.174. The summed E-state index contributed by atoms with van der Waals surface area (Å²) in [7, 11) is -7.30. The van der Waals surface area contributed by atoms with E-state index in [0.29, 0.717) is 5.92 Å². The summed E-state index contributed by atoms with van der Waals surface area (Å²) in [6.07, 6.45) is 17.1. The van der Waals surface area contributed by atoms with Crippen LogP contribution in [0.25, 0.3) is 0 Å². The third-order valence-corrected chi connectivity index (χ3v) is 14.6. The maximum atomic E-state index is 10.7. The van der Waals surface area contributed by atoms with Gasteiger partial charge < -0.3 is 4.55 Å². The van der Waals surface area contributed by atoms with Crippen molar-refractivity contribution in [3.05, 3.63) is 143 Å². The Bertz CT molecular complexity index is 1810. The number of hydrogen-bond acceptors (Lipinski definition) is 4. The SMILES string of the molecule is CCCCCC(CCCC1(Cl)C=CC=CC1Sc1ccc([PH+](c2ccc(Cl)cc2)c2ccc(Cl)cc2)cc1)c1ccccc1.O=S(=O)([O-])C(F)(F)F. The van der Waals surface area contributed by atoms with E-state index in [0.717, 1.165) is 22.9 Å². The normalized spacial score (nSPS) is 17.8. The van der Waals surface area contributed by atoms with E-state index in [2.05, 4.69) is 110 Å². The van der Waals surface area contributed by atoms with Crippen molar-refractivity contribution < 1.29 is 26.1 Å². The molecule has 52 heavy (non-hydrogen) atoms. The van der Waals surface area contributed by atoms with Crippen molar-refractivity contribution in [1.29, 1.82) is 0 Å². The average molecular weight is 828 g/mol. The standard InChI is InChI=1S/C39H40Cl3PS.CHF3O3S/c1-2-3-5-11-31(30-12-6-4-7-13-30)14-10-29-39(42)28-9-8-15-38(39)44-37-26-24-36(25-27-37)43(34-20-16-32(40)17-21-34)35-22-18-33(41)19-23-35;2-1(3,4)8(5,6)7/h4,6-9,12-13,15-28,31,38H,2-3,5,10-11,14,29H2,1H3;(H,5,6,7). The molecule has 4 aromatic carbocycles. The zero-order chi connectivity index (χ0) is 37.8. The maximum absolute atomic E-state index is 10.7. The summed E-state index contributed by atoms with van der Waals surface area (Å²) < 4.78 is 58.9. The number of benzene rings is 4. The molecule has 12 heteroatoms. The van der Waals surface area contributed by atoms with Gasteiger partial charge in [0.25, 0.3) is 0 Å². The second-order valence-corrected chi connectivity index (χ2v) is 19.2. The van der Waals surface area contributed by atoms with Gasteiger partial charge in [0.15, 0.2) is 10.1 Å². The predicted molar refractivity (Wildman–Crippen MR) is 216 cm³/mol. The monoisotopic (exact) mass is 826 g/mol. The Hall–Kier alpha value is -2.29. The summed E-state index contributed by atoms with van der Waals surface area (Å²) in [6.45, 7) is 2.28. The number of unbranched alkanes of at least 4 members (excludes halogenated alkanes) is 2. The Morgan fingerprint density at radius 1 is 0.788 bits per heavy atom. The van der Waals surface area contributed by atoms with Crippen LogP contribution >= 0.6 is 54.5 Å². The van der Waals surface area contributed by atoms with E-state index >= 15 is 0 Å². The van der Waals surface area contributed by atoms with Crippen LogP contribution < -0.4 is 15.9 Å². The quantitative estimate of drug-likeness (QED) is 0.0418. The van der Waals surface area contributed by atoms with Crippen LogP contribution in [-0.4, -0.2) is 28.6 Å². The lowest BCUT2D eigenvalue weighted by Crippen LogP contribution is -2.32. The van der Waals surface area contributed by atoms with Crippen LogP contribution in [0.4, 0.5) is 13.2 Å². The minimum Gasteiger partial charge on any atom is -0.741 e. The van der Waals surface area contributed by atoms with Crippen molar-refractivity contribution in [2.75, 3.05) is 0 Å². The summed E-state index contributed by atoms with van der Waals surface area (Å²) in [5.74, 6) is 0.599. The molecule has 0 heterocycles. The molecule has 3 nitrogen and oxygen atoms in total. The van der Waals surface area contributed by atoms with Gasteiger partial charge in [-0.15, -0.1) is 23.4 Å². The molecule has 0 radical (unpaired) electrons. The van der Waals surface area contributed by atoms with Crippen LogP contribution in [-0.2, 0) is 10.1 Å². The number of alkyl halides is 4. The lowest BCUT2D eigenvalue weighted by molar-refractivity contribution is -0.0517. The van der Waals surface area contributed by atoms with E-state index in [1.54, 1.807) is 0 Å². The highest BCUT2D eigenvalue weighted by Crippen LogP contribution is 2.43. The van der Waals surface area contributed by atoms with E-state index in [4.69, 9.17) is 47.8 Å². The molecule has 278 valence electrons. The van der Waals surface area contributed by atoms with Gasteiger partial charge in [-0.05, 0) is 104 Å². The molecule has 0 aromatic heterocycles. The molecule has 0 amide bonds. The zero-order valence-electron chi connectivity index (χ0n) is 28.5. The summed E-state index contributed by atoms with van der Waals surface area (Å²) in [5, 5.41) is 5.60. The second kappa shape index (κ2) is 19.9. The fourth-order valence-electron chi connectivity index (χ4n) is 6.04. The molecule has 3 unspecified atom stereocenters. The van der Waals surface area contributed by atoms with E-state index in [1.165, 1.54) is 58.5 Å². The fraction of sp³-hybridized carbons (Fsp3) is 0.300. The molecule has 4 aromatic rings. The molecule has 0 spiro atoms. The van der Waals surface area contributed by atoms with Crippen LogP contribution in [0, 0.1) is 0 Å². The average Bonchev–Trinajstić information content (AvgIpc) is 3.11. The molecular formula is C40H41Cl3F3O3PS2. The van der Waals surface area contributed by atoms with Gasteiger partial charge in [0.1, 0.15) is 15.9 Å². The van der Waals surface area contributed by atoms with Gasteiger partial charge in [0.05, 0.1) is 18.0 Å². The third-order valence-electron chi connectivity index (χ3n) is 8.74. The predicted octanol–water partition coefficient (Wildman–Crippen LogP) is 11.6. The van der Waals surface area contributed by atoms with Crippen LogP contribution in [0.5, 0.6) is 0 Å². The van der Waals surface area contributed by atoms with E-state index in [-0.39, 0.29) is 5.25 Å². The number of allylic oxidation sites excluding steroid dienone is 3. The van der Waals surface area contributed by atoms with Gasteiger partial charge in [-0.1, -0.05) is 110 Å². The van der Waals surface area contributed by atoms with Gasteiger partial charge in [0.2, 0.25) is 0 Å². The Balaban J connectivity index is 0.000000677. The van der Waals surface area contributed by atoms with Crippen LogP contribution in [0.3, 0.4) is 0 Å². The summed E-state index contributed by atoms with van der Waals surface area (Å²) in [6, 6.07) is 36.7. The number of thioether (sulfide) groups is 1. The van der Waals surface area contributed by atoms with Crippen molar-refractivity contribution in [3.8, 4) is 0 Å². The van der Waals surface area contributed by atoms with Crippen molar-refractivity contribution in [2.45, 2.75) is 78.3 Å². The molecule has 0 bridgehead atoms. The van der Waals surface area contributed by atoms with Crippen molar-refractivity contribution in [2.24, 2.45) is 0 Å². The van der Waals surface area contributed by atoms with Gasteiger partial charge in [-0.25, -0.2) is 8.42 Å². The van der Waals surface area contributed by atoms with Gasteiger partial charge in [-0.3, -0.25) is 0 Å². The van der Waals surface area contributed by atoms with E-state index in [9.17, 15) is 13.2 Å². The highest BCUT2D eigenvalue weighted by atomic mass is 35.5. The first-order valence-corrected chi connectivity index (χ1v) is 21.9. The van der Waals surface area contributed by atoms with Crippen LogP contribution in [0.15, 0.2) is 132 Å². The van der Waals surface area contributed by atoms with E-state index in [1.807, 2.05) is 36.0 Å². The molecular weight excluding hydrogens is 787 g/mol. The molecule has 0 saturated heterocycles. The lowest BCUT2D eigenvalue weighted by atomic mass is 9.86. The van der Waals surface area contributed by atoms with Crippen molar-refractivity contribution in [1.82, 2.24) is 0 Å². The third kappa shape index (κ3) is 12.7. The van der Waals surface area contributed by atoms with Crippen LogP contribution in [0.2, 0.25) is 10.0 Å². The topological polar surface area (TPSA) is 57.2 Å². The highest BCUT2D eigenvalue weighted by molar-refractivity contribution is 8.00. The smallest absolute Gasteiger partial charge is 0.485 e. The Kier molecular flexibility index (Phi) is 16.2. The maximum Gasteiger partial charge on any atom is 0.485 e. The summed E-state index contributed by atoms with van der Waals surface area (Å²) in [4.78, 5) is 0.837. The lowest BCUT2D eigenvalue weighted by Gasteiger charge is -2.33. The van der Waals surface area contributed by atoms with Crippen molar-refractivity contribution >= 4 is 80.5 Å². The van der Waals surface area contributed by atoms with Gasteiger partial charge in [-0.2, -0.15) is 13.2 Å². The summed E-state index contributed by atoms with van der Waals surface area (Å²) in [5.41, 5.74) is -4.18. The summed E-state index contributed by atoms with van der Waals surface area (Å²) >= 11 is 21.8. The highest BCUT2D eigenvalue weighted by Gasteiger charge is 2.37.